The molecule has 7 heteroatoms. The molecule has 0 saturated carbocycles. The highest BCUT2D eigenvalue weighted by molar-refractivity contribution is 5.90. The minimum atomic E-state index is 0.560. The van der Waals surface area contributed by atoms with E-state index in [0.29, 0.717) is 12.2 Å². The predicted molar refractivity (Wildman–Crippen MR) is 77.0 cm³/mol. The van der Waals surface area contributed by atoms with Gasteiger partial charge in [0.1, 0.15) is 18.5 Å². The van der Waals surface area contributed by atoms with Crippen LogP contribution in [-0.4, -0.2) is 24.7 Å². The SMILES string of the molecule is CCn1cnnc1CNc1ncnc2cc(N)ccc12. The van der Waals surface area contributed by atoms with E-state index in [9.17, 15) is 0 Å². The van der Waals surface area contributed by atoms with E-state index in [-0.39, 0.29) is 0 Å². The van der Waals surface area contributed by atoms with Gasteiger partial charge in [-0.3, -0.25) is 0 Å². The highest BCUT2D eigenvalue weighted by atomic mass is 15.3. The summed E-state index contributed by atoms with van der Waals surface area (Å²) in [6.07, 6.45) is 3.24. The first kappa shape index (κ1) is 12.3. The number of benzene rings is 1. The number of aromatic nitrogens is 5. The Morgan fingerprint density at radius 3 is 3.05 bits per heavy atom. The van der Waals surface area contributed by atoms with Crippen LogP contribution < -0.4 is 11.1 Å². The van der Waals surface area contributed by atoms with Crippen LogP contribution in [0.2, 0.25) is 0 Å². The normalized spacial score (nSPS) is 10.8. The van der Waals surface area contributed by atoms with Gasteiger partial charge in [0.05, 0.1) is 12.1 Å². The van der Waals surface area contributed by atoms with Crippen molar-refractivity contribution in [1.29, 1.82) is 0 Å². The zero-order valence-corrected chi connectivity index (χ0v) is 11.1. The minimum absolute atomic E-state index is 0.560. The third-order valence-corrected chi connectivity index (χ3v) is 3.11. The first-order chi connectivity index (χ1) is 9.78. The molecule has 1 aromatic carbocycles. The Bertz CT molecular complexity index is 734. The highest BCUT2D eigenvalue weighted by Crippen LogP contribution is 2.21. The monoisotopic (exact) mass is 269 g/mol. The van der Waals surface area contributed by atoms with Crippen molar-refractivity contribution >= 4 is 22.4 Å². The van der Waals surface area contributed by atoms with Gasteiger partial charge in [0.25, 0.3) is 0 Å². The standard InChI is InChI=1S/C13H15N7/c1-2-20-8-18-19-12(20)6-15-13-10-4-3-9(14)5-11(10)16-7-17-13/h3-5,7-8H,2,6,14H2,1H3,(H,15,16,17). The molecule has 0 radical (unpaired) electrons. The first-order valence-electron chi connectivity index (χ1n) is 6.38. The molecule has 0 saturated heterocycles. The topological polar surface area (TPSA) is 94.5 Å². The van der Waals surface area contributed by atoms with E-state index in [4.69, 9.17) is 5.73 Å². The average molecular weight is 269 g/mol. The third-order valence-electron chi connectivity index (χ3n) is 3.11. The molecule has 0 spiro atoms. The Hall–Kier alpha value is -2.70. The van der Waals surface area contributed by atoms with Gasteiger partial charge in [0.15, 0.2) is 5.82 Å². The number of hydrogen-bond acceptors (Lipinski definition) is 6. The van der Waals surface area contributed by atoms with Crippen molar-refractivity contribution in [3.8, 4) is 0 Å². The fraction of sp³-hybridized carbons (Fsp3) is 0.231. The molecule has 3 rings (SSSR count). The number of nitrogens with zero attached hydrogens (tertiary/aromatic N) is 5. The fourth-order valence-electron chi connectivity index (χ4n) is 2.06. The molecule has 7 nitrogen and oxygen atoms in total. The zero-order chi connectivity index (χ0) is 13.9. The van der Waals surface area contributed by atoms with Crippen LogP contribution in [0.3, 0.4) is 0 Å². The number of fused-ring (bicyclic) bond motifs is 1. The van der Waals surface area contributed by atoms with E-state index in [1.807, 2.05) is 22.8 Å². The molecule has 0 fully saturated rings. The Kier molecular flexibility index (Phi) is 3.16. The summed E-state index contributed by atoms with van der Waals surface area (Å²) in [7, 11) is 0. The van der Waals surface area contributed by atoms with E-state index >= 15 is 0 Å². The summed E-state index contributed by atoms with van der Waals surface area (Å²) in [5, 5.41) is 12.2. The number of nitrogens with two attached hydrogens (primary N) is 1. The lowest BCUT2D eigenvalue weighted by atomic mass is 10.2. The van der Waals surface area contributed by atoms with Crippen molar-refractivity contribution < 1.29 is 0 Å². The maximum atomic E-state index is 5.76. The van der Waals surface area contributed by atoms with Crippen LogP contribution in [0.5, 0.6) is 0 Å². The van der Waals surface area contributed by atoms with E-state index in [1.54, 1.807) is 6.33 Å². The van der Waals surface area contributed by atoms with Crippen LogP contribution in [0.4, 0.5) is 11.5 Å². The van der Waals surface area contributed by atoms with Gasteiger partial charge in [-0.2, -0.15) is 0 Å². The number of anilines is 2. The van der Waals surface area contributed by atoms with E-state index < -0.39 is 0 Å². The lowest BCUT2D eigenvalue weighted by molar-refractivity contribution is 0.707. The van der Waals surface area contributed by atoms with E-state index in [0.717, 1.165) is 29.1 Å². The number of hydrogen-bond donors (Lipinski definition) is 2. The molecular formula is C13H15N7. The van der Waals surface area contributed by atoms with Gasteiger partial charge < -0.3 is 15.6 Å². The summed E-state index contributed by atoms with van der Waals surface area (Å²) in [6, 6.07) is 5.58. The van der Waals surface area contributed by atoms with Gasteiger partial charge in [-0.25, -0.2) is 9.97 Å². The lowest BCUT2D eigenvalue weighted by Gasteiger charge is -2.08. The largest absolute Gasteiger partial charge is 0.399 e. The fourth-order valence-corrected chi connectivity index (χ4v) is 2.06. The molecule has 0 amide bonds. The summed E-state index contributed by atoms with van der Waals surface area (Å²) in [5.74, 6) is 1.63. The maximum Gasteiger partial charge on any atom is 0.152 e. The Morgan fingerprint density at radius 1 is 1.30 bits per heavy atom. The molecule has 0 atom stereocenters. The molecule has 3 N–H and O–H groups in total. The second-order valence-corrected chi connectivity index (χ2v) is 4.39. The molecule has 20 heavy (non-hydrogen) atoms. The highest BCUT2D eigenvalue weighted by Gasteiger charge is 2.06. The predicted octanol–water partition coefficient (Wildman–Crippen LogP) is 1.44. The van der Waals surface area contributed by atoms with Crippen molar-refractivity contribution in [2.24, 2.45) is 0 Å². The quantitative estimate of drug-likeness (QED) is 0.696. The molecule has 2 heterocycles. The van der Waals surface area contributed by atoms with Crippen LogP contribution >= 0.6 is 0 Å². The second-order valence-electron chi connectivity index (χ2n) is 4.39. The number of aryl methyl sites for hydroxylation is 1. The van der Waals surface area contributed by atoms with Gasteiger partial charge in [0.2, 0.25) is 0 Å². The number of nitrogens with one attached hydrogen (secondary N) is 1. The summed E-state index contributed by atoms with van der Waals surface area (Å²) in [4.78, 5) is 8.49. The summed E-state index contributed by atoms with van der Waals surface area (Å²) in [5.41, 5.74) is 7.27. The summed E-state index contributed by atoms with van der Waals surface area (Å²) < 4.78 is 1.98. The van der Waals surface area contributed by atoms with Crippen LogP contribution in [0.1, 0.15) is 12.7 Å². The van der Waals surface area contributed by atoms with Crippen molar-refractivity contribution in [2.45, 2.75) is 20.0 Å². The average Bonchev–Trinajstić information content (AvgIpc) is 2.92. The molecule has 0 aliphatic carbocycles. The van der Waals surface area contributed by atoms with Crippen molar-refractivity contribution in [2.75, 3.05) is 11.1 Å². The van der Waals surface area contributed by atoms with Crippen LogP contribution in [0.15, 0.2) is 30.9 Å². The van der Waals surface area contributed by atoms with Gasteiger partial charge in [-0.1, -0.05) is 0 Å². The lowest BCUT2D eigenvalue weighted by Crippen LogP contribution is -2.09. The number of rotatable bonds is 4. The van der Waals surface area contributed by atoms with Gasteiger partial charge in [-0.15, -0.1) is 10.2 Å². The zero-order valence-electron chi connectivity index (χ0n) is 11.1. The van der Waals surface area contributed by atoms with E-state index in [2.05, 4.69) is 32.4 Å². The molecule has 3 aromatic rings. The molecule has 2 aromatic heterocycles. The van der Waals surface area contributed by atoms with Gasteiger partial charge in [-0.05, 0) is 25.1 Å². The van der Waals surface area contributed by atoms with Gasteiger partial charge in [0, 0.05) is 17.6 Å². The molecule has 102 valence electrons. The van der Waals surface area contributed by atoms with Crippen LogP contribution in [0, 0.1) is 0 Å². The maximum absolute atomic E-state index is 5.76. The minimum Gasteiger partial charge on any atom is -0.399 e. The first-order valence-corrected chi connectivity index (χ1v) is 6.38. The molecule has 0 aliphatic heterocycles. The Labute approximate surface area is 115 Å². The second kappa shape index (κ2) is 5.12. The van der Waals surface area contributed by atoms with Gasteiger partial charge >= 0.3 is 0 Å². The third kappa shape index (κ3) is 2.25. The van der Waals surface area contributed by atoms with Crippen molar-refractivity contribution in [1.82, 2.24) is 24.7 Å². The smallest absolute Gasteiger partial charge is 0.152 e. The summed E-state index contributed by atoms with van der Waals surface area (Å²) in [6.45, 7) is 3.45. The number of nitrogen functional groups attached to an aromatic ring is 1. The Morgan fingerprint density at radius 2 is 2.20 bits per heavy atom. The molecule has 0 bridgehead atoms. The van der Waals surface area contributed by atoms with Crippen molar-refractivity contribution in [3.63, 3.8) is 0 Å². The molecule has 0 aliphatic rings. The van der Waals surface area contributed by atoms with Crippen LogP contribution in [-0.2, 0) is 13.1 Å². The Balaban J connectivity index is 1.88. The molecule has 0 unspecified atom stereocenters. The summed E-state index contributed by atoms with van der Waals surface area (Å²) >= 11 is 0. The van der Waals surface area contributed by atoms with Crippen LogP contribution in [0.25, 0.3) is 10.9 Å². The van der Waals surface area contributed by atoms with Crippen molar-refractivity contribution in [3.05, 3.63) is 36.7 Å². The molecular weight excluding hydrogens is 254 g/mol. The van der Waals surface area contributed by atoms with E-state index in [1.165, 1.54) is 6.33 Å².